The molecule has 124 valence electrons. The summed E-state index contributed by atoms with van der Waals surface area (Å²) in [5.41, 5.74) is 6.26. The maximum atomic E-state index is 14.4. The van der Waals surface area contributed by atoms with Gasteiger partial charge in [-0.05, 0) is 18.2 Å². The third-order valence-electron chi connectivity index (χ3n) is 3.79. The molecule has 1 unspecified atom stereocenters. The number of anilines is 2. The fourth-order valence-corrected chi connectivity index (χ4v) is 2.52. The van der Waals surface area contributed by atoms with E-state index in [1.807, 2.05) is 0 Å². The number of cyclic esters (lactones) is 1. The summed E-state index contributed by atoms with van der Waals surface area (Å²) in [6, 6.07) is 4.51. The first-order chi connectivity index (χ1) is 11.1. The third-order valence-corrected chi connectivity index (χ3v) is 3.79. The molecule has 1 amide bonds. The number of aliphatic hydroxyl groups is 1. The van der Waals surface area contributed by atoms with Crippen molar-refractivity contribution in [3.05, 3.63) is 24.0 Å². The molecule has 0 aliphatic carbocycles. The zero-order chi connectivity index (χ0) is 16.4. The number of carbonyl (C=O) groups excluding carboxylic acids is 1. The number of benzene rings is 1. The summed E-state index contributed by atoms with van der Waals surface area (Å²) in [7, 11) is 0. The summed E-state index contributed by atoms with van der Waals surface area (Å²) in [4.78, 5) is 14.7. The molecular formula is C14H18FN5O3. The molecular weight excluding hydrogens is 305 g/mol. The molecule has 9 heteroatoms. The van der Waals surface area contributed by atoms with Crippen LogP contribution in [-0.2, 0) is 4.74 Å². The summed E-state index contributed by atoms with van der Waals surface area (Å²) in [6.07, 6.45) is 0.358. The summed E-state index contributed by atoms with van der Waals surface area (Å²) in [6.45, 7) is 1.42. The molecule has 2 aliphatic heterocycles. The minimum atomic E-state index is -0.589. The fourth-order valence-electron chi connectivity index (χ4n) is 2.52. The van der Waals surface area contributed by atoms with E-state index in [0.29, 0.717) is 31.1 Å². The highest BCUT2D eigenvalue weighted by Crippen LogP contribution is 2.27. The van der Waals surface area contributed by atoms with Gasteiger partial charge in [-0.15, -0.1) is 0 Å². The molecule has 1 fully saturated rings. The molecule has 3 rings (SSSR count). The highest BCUT2D eigenvalue weighted by atomic mass is 19.1. The minimum Gasteiger partial charge on any atom is -0.441 e. The van der Waals surface area contributed by atoms with Crippen LogP contribution < -0.4 is 15.5 Å². The van der Waals surface area contributed by atoms with Gasteiger partial charge in [0, 0.05) is 6.54 Å². The molecule has 0 bridgehead atoms. The fraction of sp³-hybridized carbons (Fsp3) is 0.429. The van der Waals surface area contributed by atoms with Crippen LogP contribution in [0.4, 0.5) is 20.6 Å². The van der Waals surface area contributed by atoms with Crippen LogP contribution in [0.15, 0.2) is 23.3 Å². The van der Waals surface area contributed by atoms with Gasteiger partial charge in [0.05, 0.1) is 37.7 Å². The topological polar surface area (TPSA) is 94.6 Å². The molecule has 0 saturated carbocycles. The van der Waals surface area contributed by atoms with Crippen LogP contribution in [0.5, 0.6) is 0 Å². The molecule has 3 N–H and O–H groups in total. The first-order valence-corrected chi connectivity index (χ1v) is 7.26. The predicted octanol–water partition coefficient (Wildman–Crippen LogP) is 0.125. The number of ether oxygens (including phenoxy) is 1. The average molecular weight is 323 g/mol. The number of hydrazone groups is 1. The molecule has 1 aromatic carbocycles. The molecule has 1 saturated heterocycles. The van der Waals surface area contributed by atoms with Crippen LogP contribution in [-0.4, -0.2) is 61.6 Å². The number of amides is 1. The third kappa shape index (κ3) is 3.06. The Kier molecular flexibility index (Phi) is 4.30. The standard InChI is InChI=1S/C14H18FN5O3/c15-12-5-10(20-6-11(7-21)23-14(20)22)1-2-13(12)18-3-4-19(8-16)17-9-18/h1-2,5,9,11,21H,3-4,6-8,16H2. The molecule has 1 aromatic rings. The van der Waals surface area contributed by atoms with Crippen LogP contribution in [0.3, 0.4) is 0 Å². The Balaban J connectivity index is 1.78. The van der Waals surface area contributed by atoms with Crippen molar-refractivity contribution >= 4 is 23.8 Å². The Morgan fingerprint density at radius 3 is 2.83 bits per heavy atom. The highest BCUT2D eigenvalue weighted by Gasteiger charge is 2.32. The van der Waals surface area contributed by atoms with E-state index in [-0.39, 0.29) is 13.2 Å². The Morgan fingerprint density at radius 1 is 1.43 bits per heavy atom. The van der Waals surface area contributed by atoms with Crippen molar-refractivity contribution in [2.45, 2.75) is 6.10 Å². The maximum Gasteiger partial charge on any atom is 0.414 e. The van der Waals surface area contributed by atoms with Crippen LogP contribution in [0.1, 0.15) is 0 Å². The molecule has 2 aliphatic rings. The Labute approximate surface area is 132 Å². The van der Waals surface area contributed by atoms with E-state index in [2.05, 4.69) is 5.10 Å². The van der Waals surface area contributed by atoms with Crippen molar-refractivity contribution in [1.82, 2.24) is 5.01 Å². The van der Waals surface area contributed by atoms with Crippen molar-refractivity contribution in [2.24, 2.45) is 10.8 Å². The second-order valence-corrected chi connectivity index (χ2v) is 5.27. The number of halogens is 1. The first-order valence-electron chi connectivity index (χ1n) is 7.26. The molecule has 0 aromatic heterocycles. The average Bonchev–Trinajstić information content (AvgIpc) is 2.96. The Bertz CT molecular complexity index is 626. The van der Waals surface area contributed by atoms with Crippen molar-refractivity contribution in [1.29, 1.82) is 0 Å². The van der Waals surface area contributed by atoms with Crippen molar-refractivity contribution in [2.75, 3.05) is 42.7 Å². The van der Waals surface area contributed by atoms with E-state index in [1.165, 1.54) is 17.3 Å². The van der Waals surface area contributed by atoms with Gasteiger partial charge in [0.25, 0.3) is 0 Å². The highest BCUT2D eigenvalue weighted by molar-refractivity contribution is 5.90. The number of hydrogen-bond acceptors (Lipinski definition) is 7. The van der Waals surface area contributed by atoms with Crippen molar-refractivity contribution in [3.63, 3.8) is 0 Å². The van der Waals surface area contributed by atoms with Crippen molar-refractivity contribution < 1.29 is 19.0 Å². The van der Waals surface area contributed by atoms with Gasteiger partial charge in [0.2, 0.25) is 0 Å². The molecule has 0 spiro atoms. The number of hydrogen-bond donors (Lipinski definition) is 2. The van der Waals surface area contributed by atoms with E-state index in [4.69, 9.17) is 15.6 Å². The van der Waals surface area contributed by atoms with Gasteiger partial charge in [-0.3, -0.25) is 9.91 Å². The van der Waals surface area contributed by atoms with E-state index in [1.54, 1.807) is 22.0 Å². The maximum absolute atomic E-state index is 14.4. The summed E-state index contributed by atoms with van der Waals surface area (Å²) in [5.74, 6) is -0.463. The van der Waals surface area contributed by atoms with Gasteiger partial charge in [-0.2, -0.15) is 5.10 Å². The molecule has 0 radical (unpaired) electrons. The lowest BCUT2D eigenvalue weighted by atomic mass is 10.2. The molecule has 8 nitrogen and oxygen atoms in total. The Hall–Kier alpha value is -2.39. The van der Waals surface area contributed by atoms with Gasteiger partial charge in [0.15, 0.2) is 0 Å². The smallest absolute Gasteiger partial charge is 0.414 e. The summed E-state index contributed by atoms with van der Waals surface area (Å²) < 4.78 is 19.4. The number of nitrogens with two attached hydrogens (primary N) is 1. The zero-order valence-electron chi connectivity index (χ0n) is 12.4. The lowest BCUT2D eigenvalue weighted by molar-refractivity contribution is 0.0963. The number of rotatable bonds is 4. The van der Waals surface area contributed by atoms with E-state index in [9.17, 15) is 9.18 Å². The second kappa shape index (κ2) is 6.39. The van der Waals surface area contributed by atoms with Crippen LogP contribution in [0, 0.1) is 5.82 Å². The molecule has 23 heavy (non-hydrogen) atoms. The monoisotopic (exact) mass is 323 g/mol. The van der Waals surface area contributed by atoms with Gasteiger partial charge >= 0.3 is 6.09 Å². The lowest BCUT2D eigenvalue weighted by Gasteiger charge is -2.29. The largest absolute Gasteiger partial charge is 0.441 e. The van der Waals surface area contributed by atoms with Crippen LogP contribution in [0.2, 0.25) is 0 Å². The number of carbonyl (C=O) groups is 1. The van der Waals surface area contributed by atoms with Gasteiger partial charge < -0.3 is 20.5 Å². The van der Waals surface area contributed by atoms with E-state index >= 15 is 0 Å². The van der Waals surface area contributed by atoms with Crippen LogP contribution >= 0.6 is 0 Å². The van der Waals surface area contributed by atoms with Crippen molar-refractivity contribution in [3.8, 4) is 0 Å². The Morgan fingerprint density at radius 2 is 2.26 bits per heavy atom. The second-order valence-electron chi connectivity index (χ2n) is 5.27. The first kappa shape index (κ1) is 15.5. The number of nitrogens with zero attached hydrogens (tertiary/aromatic N) is 4. The normalized spacial score (nSPS) is 21.1. The number of aliphatic hydroxyl groups excluding tert-OH is 1. The molecule has 2 heterocycles. The SMILES string of the molecule is NCN1CCN(c2ccc(N3CC(CO)OC3=O)cc2F)C=N1. The lowest BCUT2D eigenvalue weighted by Crippen LogP contribution is -2.40. The van der Waals surface area contributed by atoms with Gasteiger partial charge in [-0.1, -0.05) is 0 Å². The van der Waals surface area contributed by atoms with E-state index in [0.717, 1.165) is 0 Å². The van der Waals surface area contributed by atoms with Gasteiger partial charge in [0.1, 0.15) is 18.3 Å². The molecule has 1 atom stereocenters. The van der Waals surface area contributed by atoms with E-state index < -0.39 is 18.0 Å². The predicted molar refractivity (Wildman–Crippen MR) is 82.7 cm³/mol. The zero-order valence-corrected chi connectivity index (χ0v) is 12.4. The quantitative estimate of drug-likeness (QED) is 0.817. The van der Waals surface area contributed by atoms with Crippen LogP contribution in [0.25, 0.3) is 0 Å². The summed E-state index contributed by atoms with van der Waals surface area (Å²) >= 11 is 0. The van der Waals surface area contributed by atoms with Gasteiger partial charge in [-0.25, -0.2) is 9.18 Å². The minimum absolute atomic E-state index is 0.199. The summed E-state index contributed by atoms with van der Waals surface area (Å²) in [5, 5.41) is 14.8.